The lowest BCUT2D eigenvalue weighted by Crippen LogP contribution is -2.82. The highest BCUT2D eigenvalue weighted by Gasteiger charge is 2.78. The van der Waals surface area contributed by atoms with Gasteiger partial charge >= 0.3 is 29.8 Å². The Morgan fingerprint density at radius 2 is 1.45 bits per heavy atom. The smallest absolute Gasteiger partial charge is 0.350 e. The number of esters is 5. The van der Waals surface area contributed by atoms with E-state index in [9.17, 15) is 39.0 Å². The zero-order valence-corrected chi connectivity index (χ0v) is 39.3. The number of fused-ring (bicyclic) bond motifs is 5. The van der Waals surface area contributed by atoms with Crippen molar-refractivity contribution in [3.05, 3.63) is 113 Å². The summed E-state index contributed by atoms with van der Waals surface area (Å²) in [6.45, 7) is 8.68. The van der Waals surface area contributed by atoms with Gasteiger partial charge in [0, 0.05) is 39.0 Å². The highest BCUT2D eigenvalue weighted by molar-refractivity contribution is 6.35. The molecule has 1 saturated heterocycles. The zero-order chi connectivity index (χ0) is 50.4. The summed E-state index contributed by atoms with van der Waals surface area (Å²) < 4.78 is 41.9. The van der Waals surface area contributed by atoms with Gasteiger partial charge in [-0.1, -0.05) is 68.4 Å². The molecule has 3 aromatic carbocycles. The topological polar surface area (TPSA) is 254 Å². The fraction of sp³-hybridized carbons (Fsp3) is 0.451. The maximum Gasteiger partial charge on any atom is 0.350 e. The molecule has 1 amide bonds. The third kappa shape index (κ3) is 8.80. The summed E-state index contributed by atoms with van der Waals surface area (Å²) in [6.07, 6.45) is -11.2. The lowest BCUT2D eigenvalue weighted by molar-refractivity contribution is -0.346. The van der Waals surface area contributed by atoms with E-state index in [1.807, 2.05) is 0 Å². The van der Waals surface area contributed by atoms with E-state index in [0.717, 1.165) is 20.8 Å². The SMILES string of the molecule is COc1cccc(C(=O)O[C@H]2[C@@H]3[C@]4(OC(C)=O)CO[C@@H]4C[C@H](O)[C@@]3(C)C(=O)[C@H](OC(C)=O)C3=C(C)[C@@H](OC(=O)[C@H](OC(=O)c4ccccc4)[C@@H](NC(=O)C(C)=O)c4ccccc4)C[C@]2(O)C3(C)C)c1. The van der Waals surface area contributed by atoms with Crippen LogP contribution in [0, 0.1) is 16.7 Å². The Balaban J connectivity index is 1.45. The lowest BCUT2D eigenvalue weighted by Gasteiger charge is -2.67. The van der Waals surface area contributed by atoms with Gasteiger partial charge in [0.25, 0.3) is 5.91 Å². The second-order valence-corrected chi connectivity index (χ2v) is 18.7. The highest BCUT2D eigenvalue weighted by atomic mass is 16.6. The first-order valence-corrected chi connectivity index (χ1v) is 22.3. The Kier molecular flexibility index (Phi) is 13.8. The van der Waals surface area contributed by atoms with Gasteiger partial charge in [0.1, 0.15) is 35.7 Å². The first-order chi connectivity index (χ1) is 32.5. The maximum atomic E-state index is 15.7. The molecule has 0 spiro atoms. The van der Waals surface area contributed by atoms with E-state index < -0.39 is 124 Å². The van der Waals surface area contributed by atoms with E-state index in [0.29, 0.717) is 0 Å². The van der Waals surface area contributed by atoms with Crippen molar-refractivity contribution in [2.75, 3.05) is 13.7 Å². The lowest BCUT2D eigenvalue weighted by atomic mass is 9.44. The van der Waals surface area contributed by atoms with Gasteiger partial charge in [-0.05, 0) is 60.9 Å². The number of carbonyl (C=O) groups excluding carboxylic acids is 8. The first-order valence-electron chi connectivity index (χ1n) is 22.3. The maximum absolute atomic E-state index is 15.7. The van der Waals surface area contributed by atoms with Crippen molar-refractivity contribution in [3.8, 4) is 5.75 Å². The molecule has 18 nitrogen and oxygen atoms in total. The van der Waals surface area contributed by atoms with Gasteiger partial charge in [-0.15, -0.1) is 0 Å². The number of hydrogen-bond acceptors (Lipinski definition) is 17. The monoisotopic (exact) mass is 953 g/mol. The molecule has 1 heterocycles. The standard InChI is InChI=1S/C51H55NO17/c1-26-34(66-47(61)40(67-45(59)31-18-13-10-14-19-31)38(52-44(58)27(2)53)30-16-11-9-12-17-30)24-51(62)43(68-46(60)32-20-15-21-33(22-32)63-8)41-49(7,35(56)23-36-50(41,25-64-36)69-29(4)55)42(57)39(65-28(3)54)37(26)48(51,5)6/h9-22,34-36,38-41,43,56,62H,23-25H2,1-8H3,(H,52,58)/t34-,35-,36+,38-,39+,40+,41-,43-,49+,50-,51+/m0/s1. The van der Waals surface area contributed by atoms with E-state index in [2.05, 4.69) is 5.32 Å². The minimum absolute atomic E-state index is 0.00966. The average molecular weight is 954 g/mol. The van der Waals surface area contributed by atoms with Crippen molar-refractivity contribution in [2.24, 2.45) is 16.7 Å². The van der Waals surface area contributed by atoms with E-state index in [4.69, 9.17) is 33.2 Å². The first kappa shape index (κ1) is 50.1. The normalized spacial score (nSPS) is 29.6. The van der Waals surface area contributed by atoms with Crippen LogP contribution in [0.1, 0.15) is 93.6 Å². The van der Waals surface area contributed by atoms with Crippen molar-refractivity contribution in [1.82, 2.24) is 5.32 Å². The summed E-state index contributed by atoms with van der Waals surface area (Å²) in [6, 6.07) is 19.8. The van der Waals surface area contributed by atoms with E-state index in [1.165, 1.54) is 77.3 Å². The summed E-state index contributed by atoms with van der Waals surface area (Å²) in [7, 11) is 1.39. The molecular weight excluding hydrogens is 899 g/mol. The molecule has 11 atom stereocenters. The number of rotatable bonds is 13. The van der Waals surface area contributed by atoms with E-state index in [-0.39, 0.29) is 46.6 Å². The Labute approximate surface area is 397 Å². The Morgan fingerprint density at radius 3 is 2.03 bits per heavy atom. The number of Topliss-reactive ketones (excluding diaryl/α,β-unsaturated/α-hetero) is 2. The summed E-state index contributed by atoms with van der Waals surface area (Å²) in [5.74, 6) is -9.51. The van der Waals surface area contributed by atoms with Crippen LogP contribution in [-0.4, -0.2) is 119 Å². The zero-order valence-electron chi connectivity index (χ0n) is 39.3. The van der Waals surface area contributed by atoms with E-state index in [1.54, 1.807) is 42.5 Å². The van der Waals surface area contributed by atoms with Crippen LogP contribution < -0.4 is 10.1 Å². The summed E-state index contributed by atoms with van der Waals surface area (Å²) in [4.78, 5) is 111. The van der Waals surface area contributed by atoms with Gasteiger partial charge in [0.15, 0.2) is 17.5 Å². The van der Waals surface area contributed by atoms with E-state index >= 15 is 9.59 Å². The molecular formula is C51H55NO17. The number of methoxy groups -OCH3 is 1. The van der Waals surface area contributed by atoms with Crippen LogP contribution in [0.5, 0.6) is 5.75 Å². The van der Waals surface area contributed by atoms with Gasteiger partial charge in [-0.3, -0.25) is 24.0 Å². The van der Waals surface area contributed by atoms with Gasteiger partial charge in [0.2, 0.25) is 11.9 Å². The summed E-state index contributed by atoms with van der Waals surface area (Å²) in [5, 5.41) is 28.6. The number of amides is 1. The van der Waals surface area contributed by atoms with Crippen LogP contribution in [-0.2, 0) is 57.2 Å². The van der Waals surface area contributed by atoms with Gasteiger partial charge in [0.05, 0.1) is 42.3 Å². The van der Waals surface area contributed by atoms with Crippen molar-refractivity contribution < 1.29 is 81.7 Å². The molecule has 0 unspecified atom stereocenters. The fourth-order valence-electron chi connectivity index (χ4n) is 10.6. The summed E-state index contributed by atoms with van der Waals surface area (Å²) in [5.41, 5.74) is -8.12. The quantitative estimate of drug-likeness (QED) is 0.0951. The number of nitrogens with one attached hydrogen (secondary N) is 1. The highest BCUT2D eigenvalue weighted by Crippen LogP contribution is 2.64. The van der Waals surface area contributed by atoms with Crippen LogP contribution in [0.25, 0.3) is 0 Å². The molecule has 0 radical (unpaired) electrons. The fourth-order valence-corrected chi connectivity index (χ4v) is 10.6. The molecule has 18 heteroatoms. The molecule has 3 N–H and O–H groups in total. The Bertz CT molecular complexity index is 2590. The molecule has 1 aliphatic heterocycles. The van der Waals surface area contributed by atoms with Crippen LogP contribution in [0.3, 0.4) is 0 Å². The Hall–Kier alpha value is -6.76. The number of ketones is 2. The average Bonchev–Trinajstić information content (AvgIpc) is 3.31. The van der Waals surface area contributed by atoms with Crippen molar-refractivity contribution in [3.63, 3.8) is 0 Å². The third-order valence-corrected chi connectivity index (χ3v) is 14.3. The molecule has 0 aromatic heterocycles. The summed E-state index contributed by atoms with van der Waals surface area (Å²) >= 11 is 0. The molecule has 3 aromatic rings. The number of aliphatic hydroxyl groups is 2. The van der Waals surface area contributed by atoms with Crippen LogP contribution in [0.15, 0.2) is 96.1 Å². The number of ether oxygens (including phenoxy) is 7. The van der Waals surface area contributed by atoms with Gasteiger partial charge in [-0.25, -0.2) is 14.4 Å². The second kappa shape index (κ2) is 19.0. The van der Waals surface area contributed by atoms with Crippen molar-refractivity contribution in [2.45, 2.75) is 115 Å². The van der Waals surface area contributed by atoms with Crippen LogP contribution in [0.4, 0.5) is 0 Å². The third-order valence-electron chi connectivity index (χ3n) is 14.3. The second-order valence-electron chi connectivity index (χ2n) is 18.7. The molecule has 2 saturated carbocycles. The molecule has 4 aliphatic rings. The Morgan fingerprint density at radius 1 is 0.812 bits per heavy atom. The van der Waals surface area contributed by atoms with Gasteiger partial charge in [-0.2, -0.15) is 0 Å². The van der Waals surface area contributed by atoms with Crippen molar-refractivity contribution in [1.29, 1.82) is 0 Å². The van der Waals surface area contributed by atoms with Crippen LogP contribution in [0.2, 0.25) is 0 Å². The molecule has 3 aliphatic carbocycles. The van der Waals surface area contributed by atoms with Crippen molar-refractivity contribution >= 4 is 47.3 Å². The predicted molar refractivity (Wildman–Crippen MR) is 239 cm³/mol. The number of benzene rings is 3. The predicted octanol–water partition coefficient (Wildman–Crippen LogP) is 3.88. The molecule has 3 fully saturated rings. The molecule has 7 rings (SSSR count). The number of hydrogen-bond donors (Lipinski definition) is 3. The number of aliphatic hydroxyl groups excluding tert-OH is 1. The van der Waals surface area contributed by atoms with Gasteiger partial charge < -0.3 is 48.7 Å². The minimum atomic E-state index is -2.52. The number of carbonyl (C=O) groups is 8. The molecule has 69 heavy (non-hydrogen) atoms. The minimum Gasteiger partial charge on any atom is -0.497 e. The molecule has 366 valence electrons. The van der Waals surface area contributed by atoms with Crippen LogP contribution >= 0.6 is 0 Å². The molecule has 2 bridgehead atoms. The largest absolute Gasteiger partial charge is 0.497 e.